The molecule has 0 saturated carbocycles. The number of hydrogen-bond donors (Lipinski definition) is 2. The van der Waals surface area contributed by atoms with Crippen LogP contribution in [0, 0.1) is 5.92 Å². The Hall–Kier alpha value is -0.620. The predicted octanol–water partition coefficient (Wildman–Crippen LogP) is 2.79. The minimum Gasteiger partial charge on any atom is -0.385 e. The third kappa shape index (κ3) is 8.73. The van der Waals surface area contributed by atoms with E-state index in [1.807, 2.05) is 12.1 Å². The van der Waals surface area contributed by atoms with E-state index >= 15 is 0 Å². The first-order valence-electron chi connectivity index (χ1n) is 7.39. The fourth-order valence-corrected chi connectivity index (χ4v) is 2.58. The molecule has 1 aromatic rings. The molecule has 1 unspecified atom stereocenters. The van der Waals surface area contributed by atoms with Crippen molar-refractivity contribution in [3.05, 3.63) is 34.3 Å². The van der Waals surface area contributed by atoms with Crippen LogP contribution in [0.4, 0.5) is 0 Å². The molecule has 126 valence electrons. The maximum absolute atomic E-state index is 12.3. The number of amides is 1. The third-order valence-corrected chi connectivity index (χ3v) is 3.76. The molecule has 1 rings (SSSR count). The molecule has 1 amide bonds. The van der Waals surface area contributed by atoms with E-state index in [-0.39, 0.29) is 24.2 Å². The van der Waals surface area contributed by atoms with Gasteiger partial charge in [0.2, 0.25) is 5.91 Å². The first-order chi connectivity index (χ1) is 10.2. The van der Waals surface area contributed by atoms with Crippen LogP contribution in [0.25, 0.3) is 0 Å². The molecule has 0 aliphatic carbocycles. The van der Waals surface area contributed by atoms with Crippen molar-refractivity contribution < 1.29 is 9.53 Å². The molecular formula is C16H26BrClN2O2. The highest BCUT2D eigenvalue weighted by Gasteiger charge is 2.18. The largest absolute Gasteiger partial charge is 0.385 e. The van der Waals surface area contributed by atoms with Crippen molar-refractivity contribution in [2.24, 2.45) is 5.92 Å². The molecule has 0 bridgehead atoms. The highest BCUT2D eigenvalue weighted by Crippen LogP contribution is 2.17. The summed E-state index contributed by atoms with van der Waals surface area (Å²) in [4.78, 5) is 12.3. The SMILES string of the molecule is CCNCCNC(=O)C(CCOC)Cc1cccc(Br)c1.Cl. The average molecular weight is 394 g/mol. The van der Waals surface area contributed by atoms with Crippen LogP contribution in [0.2, 0.25) is 0 Å². The molecule has 0 fully saturated rings. The molecule has 1 aromatic carbocycles. The van der Waals surface area contributed by atoms with Crippen LogP contribution >= 0.6 is 28.3 Å². The molecule has 0 radical (unpaired) electrons. The quantitative estimate of drug-likeness (QED) is 0.601. The number of hydrogen-bond acceptors (Lipinski definition) is 3. The summed E-state index contributed by atoms with van der Waals surface area (Å²) in [6.07, 6.45) is 1.46. The van der Waals surface area contributed by atoms with Gasteiger partial charge in [0.25, 0.3) is 0 Å². The normalized spacial score (nSPS) is 11.6. The Balaban J connectivity index is 0.00000441. The molecule has 6 heteroatoms. The summed E-state index contributed by atoms with van der Waals surface area (Å²) in [5, 5.41) is 6.19. The third-order valence-electron chi connectivity index (χ3n) is 3.26. The lowest BCUT2D eigenvalue weighted by Crippen LogP contribution is -2.37. The number of halogens is 2. The van der Waals surface area contributed by atoms with Crippen LogP contribution in [-0.2, 0) is 16.0 Å². The summed E-state index contributed by atoms with van der Waals surface area (Å²) >= 11 is 3.47. The highest BCUT2D eigenvalue weighted by molar-refractivity contribution is 9.10. The molecule has 1 atom stereocenters. The first-order valence-corrected chi connectivity index (χ1v) is 8.18. The highest BCUT2D eigenvalue weighted by atomic mass is 79.9. The van der Waals surface area contributed by atoms with E-state index in [2.05, 4.69) is 45.6 Å². The van der Waals surface area contributed by atoms with Crippen LogP contribution < -0.4 is 10.6 Å². The van der Waals surface area contributed by atoms with Crippen molar-refractivity contribution in [1.29, 1.82) is 0 Å². The molecule has 0 heterocycles. The standard InChI is InChI=1S/C16H25BrN2O2.ClH/c1-3-18-8-9-19-16(20)14(7-10-21-2)11-13-5-4-6-15(17)12-13;/h4-6,12,14,18H,3,7-11H2,1-2H3,(H,19,20);1H. The van der Waals surface area contributed by atoms with Gasteiger partial charge >= 0.3 is 0 Å². The van der Waals surface area contributed by atoms with Gasteiger partial charge in [-0.1, -0.05) is 35.0 Å². The van der Waals surface area contributed by atoms with Gasteiger partial charge in [-0.05, 0) is 37.1 Å². The van der Waals surface area contributed by atoms with Crippen molar-refractivity contribution in [1.82, 2.24) is 10.6 Å². The Bertz CT molecular complexity index is 432. The maximum atomic E-state index is 12.3. The van der Waals surface area contributed by atoms with Crippen molar-refractivity contribution >= 4 is 34.2 Å². The van der Waals surface area contributed by atoms with Gasteiger partial charge in [0.1, 0.15) is 0 Å². The van der Waals surface area contributed by atoms with E-state index in [0.29, 0.717) is 13.2 Å². The maximum Gasteiger partial charge on any atom is 0.223 e. The van der Waals surface area contributed by atoms with Crippen molar-refractivity contribution in [3.8, 4) is 0 Å². The lowest BCUT2D eigenvalue weighted by atomic mass is 9.95. The summed E-state index contributed by atoms with van der Waals surface area (Å²) in [6.45, 7) is 5.03. The molecule has 2 N–H and O–H groups in total. The summed E-state index contributed by atoms with van der Waals surface area (Å²) < 4.78 is 6.17. The number of benzene rings is 1. The van der Waals surface area contributed by atoms with Gasteiger partial charge in [0, 0.05) is 37.2 Å². The molecule has 0 saturated heterocycles. The monoisotopic (exact) mass is 392 g/mol. The lowest BCUT2D eigenvalue weighted by molar-refractivity contribution is -0.125. The van der Waals surface area contributed by atoms with Gasteiger partial charge in [-0.3, -0.25) is 4.79 Å². The molecule has 22 heavy (non-hydrogen) atoms. The number of carbonyl (C=O) groups is 1. The topological polar surface area (TPSA) is 50.4 Å². The number of nitrogens with one attached hydrogen (secondary N) is 2. The van der Waals surface area contributed by atoms with Crippen molar-refractivity contribution in [2.45, 2.75) is 19.8 Å². The Kier molecular flexibility index (Phi) is 12.5. The summed E-state index contributed by atoms with van der Waals surface area (Å²) in [5.41, 5.74) is 1.16. The molecular weight excluding hydrogens is 368 g/mol. The van der Waals surface area contributed by atoms with Crippen LogP contribution in [0.15, 0.2) is 28.7 Å². The molecule has 4 nitrogen and oxygen atoms in total. The average Bonchev–Trinajstić information content (AvgIpc) is 2.47. The van der Waals surface area contributed by atoms with E-state index in [1.165, 1.54) is 0 Å². The fourth-order valence-electron chi connectivity index (χ4n) is 2.13. The van der Waals surface area contributed by atoms with Gasteiger partial charge in [-0.25, -0.2) is 0 Å². The molecule has 0 aliphatic heterocycles. The zero-order valence-electron chi connectivity index (χ0n) is 13.2. The number of rotatable bonds is 10. The van der Waals surface area contributed by atoms with Gasteiger partial charge < -0.3 is 15.4 Å². The molecule has 0 spiro atoms. The Labute approximate surface area is 147 Å². The number of ether oxygens (including phenoxy) is 1. The zero-order chi connectivity index (χ0) is 15.5. The molecule has 0 aromatic heterocycles. The van der Waals surface area contributed by atoms with E-state index in [9.17, 15) is 4.79 Å². The van der Waals surface area contributed by atoms with Gasteiger partial charge in [-0.2, -0.15) is 0 Å². The van der Waals surface area contributed by atoms with Crippen LogP contribution in [0.3, 0.4) is 0 Å². The number of methoxy groups -OCH3 is 1. The summed E-state index contributed by atoms with van der Waals surface area (Å²) in [7, 11) is 1.67. The van der Waals surface area contributed by atoms with Crippen molar-refractivity contribution in [2.75, 3.05) is 33.4 Å². The van der Waals surface area contributed by atoms with Crippen LogP contribution in [-0.4, -0.2) is 39.3 Å². The Morgan fingerprint density at radius 2 is 2.14 bits per heavy atom. The zero-order valence-corrected chi connectivity index (χ0v) is 15.6. The number of carbonyl (C=O) groups excluding carboxylic acids is 1. The fraction of sp³-hybridized carbons (Fsp3) is 0.562. The Morgan fingerprint density at radius 3 is 2.77 bits per heavy atom. The second kappa shape index (κ2) is 12.9. The molecule has 0 aliphatic rings. The van der Waals surface area contributed by atoms with E-state index in [1.54, 1.807) is 7.11 Å². The minimum atomic E-state index is -0.0547. The predicted molar refractivity (Wildman–Crippen MR) is 96.6 cm³/mol. The van der Waals surface area contributed by atoms with Gasteiger partial charge in [0.05, 0.1) is 0 Å². The second-order valence-corrected chi connectivity index (χ2v) is 5.87. The Morgan fingerprint density at radius 1 is 1.36 bits per heavy atom. The van der Waals surface area contributed by atoms with Gasteiger partial charge in [-0.15, -0.1) is 12.4 Å². The summed E-state index contributed by atoms with van der Waals surface area (Å²) in [5.74, 6) is 0.0470. The van der Waals surface area contributed by atoms with Crippen LogP contribution in [0.1, 0.15) is 18.9 Å². The van der Waals surface area contributed by atoms with Gasteiger partial charge in [0.15, 0.2) is 0 Å². The van der Waals surface area contributed by atoms with E-state index < -0.39 is 0 Å². The van der Waals surface area contributed by atoms with E-state index in [4.69, 9.17) is 4.74 Å². The minimum absolute atomic E-state index is 0. The number of likely N-dealkylation sites (N-methyl/N-ethyl adjacent to an activating group) is 1. The first kappa shape index (κ1) is 21.4. The van der Waals surface area contributed by atoms with Crippen LogP contribution in [0.5, 0.6) is 0 Å². The lowest BCUT2D eigenvalue weighted by Gasteiger charge is -2.17. The van der Waals surface area contributed by atoms with E-state index in [0.717, 1.165) is 36.0 Å². The smallest absolute Gasteiger partial charge is 0.223 e. The van der Waals surface area contributed by atoms with Crippen molar-refractivity contribution in [3.63, 3.8) is 0 Å². The summed E-state index contributed by atoms with van der Waals surface area (Å²) in [6, 6.07) is 8.10. The second-order valence-electron chi connectivity index (χ2n) is 4.96.